The van der Waals surface area contributed by atoms with Crippen molar-refractivity contribution in [3.05, 3.63) is 96.1 Å². The minimum Gasteiger partial charge on any atom is -0.744 e. The molecule has 0 saturated heterocycles. The molecule has 4 aromatic carbocycles. The van der Waals surface area contributed by atoms with Crippen molar-refractivity contribution in [3.8, 4) is 11.5 Å². The summed E-state index contributed by atoms with van der Waals surface area (Å²) in [5, 5.41) is 34.3. The third-order valence-corrected chi connectivity index (χ3v) is 7.02. The zero-order valence-electron chi connectivity index (χ0n) is 22.2. The van der Waals surface area contributed by atoms with Crippen molar-refractivity contribution < 1.29 is 139 Å². The molecule has 2 N–H and O–H groups in total. The van der Waals surface area contributed by atoms with Crippen LogP contribution >= 0.6 is 0 Å². The Hall–Kier alpha value is -1.49. The molecule has 0 aromatic heterocycles. The van der Waals surface area contributed by atoms with Gasteiger partial charge < -0.3 is 19.3 Å². The summed E-state index contributed by atoms with van der Waals surface area (Å²) >= 11 is 0. The SMILES string of the molecule is O=S(=O)([O-])c1cc(N=Nc2ccc(O)cc2)ccc1/C=C/c1ccc(N=Nc2ccc(O)cc2)cc1S(=O)(=O)[O-].[K+].[K+]. The van der Waals surface area contributed by atoms with Gasteiger partial charge >= 0.3 is 103 Å². The molecular formula is C26H18K2N4O8S2. The van der Waals surface area contributed by atoms with Gasteiger partial charge in [-0.1, -0.05) is 24.3 Å². The molecule has 0 bridgehead atoms. The summed E-state index contributed by atoms with van der Waals surface area (Å²) in [5.41, 5.74) is 0.667. The van der Waals surface area contributed by atoms with Gasteiger partial charge in [-0.25, -0.2) is 16.8 Å². The van der Waals surface area contributed by atoms with Crippen LogP contribution in [-0.2, 0) is 20.2 Å². The smallest absolute Gasteiger partial charge is 0.744 e. The first-order chi connectivity index (χ1) is 18.9. The van der Waals surface area contributed by atoms with E-state index in [1.54, 1.807) is 0 Å². The summed E-state index contributed by atoms with van der Waals surface area (Å²) < 4.78 is 71.6. The van der Waals surface area contributed by atoms with E-state index in [1.165, 1.54) is 84.9 Å². The molecule has 0 aliphatic carbocycles. The van der Waals surface area contributed by atoms with E-state index < -0.39 is 30.0 Å². The van der Waals surface area contributed by atoms with E-state index in [9.17, 15) is 36.2 Å². The monoisotopic (exact) mass is 656 g/mol. The molecule has 0 radical (unpaired) electrons. The fraction of sp³-hybridized carbons (Fsp3) is 0. The average molecular weight is 657 g/mol. The summed E-state index contributed by atoms with van der Waals surface area (Å²) in [6.07, 6.45) is 2.35. The van der Waals surface area contributed by atoms with Gasteiger partial charge in [-0.2, -0.15) is 20.5 Å². The number of phenolic OH excluding ortho intramolecular Hbond substituents is 2. The second-order valence-corrected chi connectivity index (χ2v) is 10.8. The molecule has 0 aliphatic rings. The van der Waals surface area contributed by atoms with E-state index in [0.717, 1.165) is 12.1 Å². The van der Waals surface area contributed by atoms with Crippen molar-refractivity contribution in [3.63, 3.8) is 0 Å². The van der Waals surface area contributed by atoms with Crippen molar-refractivity contribution in [2.45, 2.75) is 9.79 Å². The van der Waals surface area contributed by atoms with Crippen LogP contribution in [0.2, 0.25) is 0 Å². The number of phenols is 2. The molecule has 0 saturated carbocycles. The van der Waals surface area contributed by atoms with Gasteiger partial charge in [0.15, 0.2) is 0 Å². The third-order valence-electron chi connectivity index (χ3n) is 5.24. The minimum absolute atomic E-state index is 0. The molecule has 42 heavy (non-hydrogen) atoms. The van der Waals surface area contributed by atoms with Crippen LogP contribution in [-0.4, -0.2) is 36.2 Å². The number of nitrogens with zero attached hydrogens (tertiary/aromatic N) is 4. The Morgan fingerprint density at radius 2 is 0.786 bits per heavy atom. The van der Waals surface area contributed by atoms with E-state index in [0.29, 0.717) is 11.4 Å². The fourth-order valence-electron chi connectivity index (χ4n) is 3.33. The largest absolute Gasteiger partial charge is 1.00 e. The summed E-state index contributed by atoms with van der Waals surface area (Å²) in [4.78, 5) is -1.28. The van der Waals surface area contributed by atoms with Crippen LogP contribution in [0.5, 0.6) is 11.5 Å². The Labute approximate surface area is 326 Å². The summed E-state index contributed by atoms with van der Waals surface area (Å²) in [7, 11) is -9.98. The van der Waals surface area contributed by atoms with Gasteiger partial charge in [0.05, 0.1) is 32.5 Å². The number of aromatic hydroxyl groups is 2. The van der Waals surface area contributed by atoms with E-state index >= 15 is 0 Å². The number of hydrogen-bond acceptors (Lipinski definition) is 12. The molecule has 0 unspecified atom stereocenters. The van der Waals surface area contributed by atoms with Crippen molar-refractivity contribution in [2.75, 3.05) is 0 Å². The number of hydrogen-bond donors (Lipinski definition) is 2. The van der Waals surface area contributed by atoms with Gasteiger partial charge in [0.25, 0.3) is 0 Å². The van der Waals surface area contributed by atoms with Crippen LogP contribution in [0.1, 0.15) is 11.1 Å². The molecule has 0 fully saturated rings. The van der Waals surface area contributed by atoms with Crippen LogP contribution in [0.4, 0.5) is 22.7 Å². The van der Waals surface area contributed by atoms with Crippen molar-refractivity contribution >= 4 is 55.1 Å². The molecule has 0 aliphatic heterocycles. The second kappa shape index (κ2) is 16.0. The van der Waals surface area contributed by atoms with Crippen LogP contribution in [0.3, 0.4) is 0 Å². The predicted molar refractivity (Wildman–Crippen MR) is 142 cm³/mol. The maximum atomic E-state index is 11.9. The molecule has 0 spiro atoms. The van der Waals surface area contributed by atoms with E-state index in [1.807, 2.05) is 0 Å². The van der Waals surface area contributed by atoms with Gasteiger partial charge in [0.1, 0.15) is 31.7 Å². The first kappa shape index (κ1) is 36.7. The van der Waals surface area contributed by atoms with Crippen LogP contribution in [0.25, 0.3) is 12.2 Å². The second-order valence-electron chi connectivity index (χ2n) is 8.12. The molecule has 204 valence electrons. The summed E-state index contributed by atoms with van der Waals surface area (Å²) in [6.45, 7) is 0. The first-order valence-corrected chi connectivity index (χ1v) is 14.0. The van der Waals surface area contributed by atoms with E-state index in [-0.39, 0.29) is 137 Å². The van der Waals surface area contributed by atoms with E-state index in [2.05, 4.69) is 20.5 Å². The number of rotatable bonds is 8. The minimum atomic E-state index is -4.99. The van der Waals surface area contributed by atoms with Gasteiger partial charge in [-0.3, -0.25) is 0 Å². The third kappa shape index (κ3) is 10.6. The standard InChI is InChI=1S/C26H20N4O8S2.2K/c31-23-11-7-19(8-12-23)27-29-21-5-3-17(25(15-21)39(33,34)35)1-2-18-4-6-22(16-26(18)40(36,37)38)30-28-20-9-13-24(32)14-10-20;;/h1-16,31-32H,(H,33,34,35)(H,36,37,38);;/q;2*+1/p-2/b2-1+,29-27?,30-28?;;. The fourth-order valence-corrected chi connectivity index (χ4v) is 4.71. The Morgan fingerprint density at radius 3 is 1.10 bits per heavy atom. The van der Waals surface area contributed by atoms with Crippen LogP contribution in [0, 0.1) is 0 Å². The maximum Gasteiger partial charge on any atom is 1.00 e. The Morgan fingerprint density at radius 1 is 0.500 bits per heavy atom. The normalized spacial score (nSPS) is 12.0. The average Bonchev–Trinajstić information content (AvgIpc) is 2.90. The Balaban J connectivity index is 0.00000308. The van der Waals surface area contributed by atoms with Crippen molar-refractivity contribution in [1.82, 2.24) is 0 Å². The Kier molecular flexibility index (Phi) is 14.0. The zero-order chi connectivity index (χ0) is 28.9. The van der Waals surface area contributed by atoms with Gasteiger partial charge in [0, 0.05) is 0 Å². The molecule has 0 atom stereocenters. The Bertz CT molecular complexity index is 1730. The molecule has 4 rings (SSSR count). The molecule has 0 amide bonds. The van der Waals surface area contributed by atoms with Crippen molar-refractivity contribution in [2.24, 2.45) is 20.5 Å². The molecular weight excluding hydrogens is 639 g/mol. The van der Waals surface area contributed by atoms with E-state index in [4.69, 9.17) is 0 Å². The topological polar surface area (TPSA) is 204 Å². The van der Waals surface area contributed by atoms with Gasteiger partial charge in [-0.05, 0) is 83.9 Å². The molecule has 16 heteroatoms. The van der Waals surface area contributed by atoms with Crippen LogP contribution < -0.4 is 103 Å². The van der Waals surface area contributed by atoms with Crippen molar-refractivity contribution in [1.29, 1.82) is 0 Å². The molecule has 12 nitrogen and oxygen atoms in total. The molecule has 0 heterocycles. The first-order valence-electron chi connectivity index (χ1n) is 11.2. The zero-order valence-corrected chi connectivity index (χ0v) is 30.1. The quantitative estimate of drug-likeness (QED) is 0.113. The predicted octanol–water partition coefficient (Wildman–Crippen LogP) is -0.0848. The number of azo groups is 2. The van der Waals surface area contributed by atoms with Gasteiger partial charge in [0.2, 0.25) is 0 Å². The molecule has 4 aromatic rings. The summed E-state index contributed by atoms with van der Waals surface area (Å²) in [5.74, 6) is 0.0479. The summed E-state index contributed by atoms with van der Waals surface area (Å²) in [6, 6.07) is 18.8. The van der Waals surface area contributed by atoms with Gasteiger partial charge in [-0.15, -0.1) is 0 Å². The van der Waals surface area contributed by atoms with Crippen LogP contribution in [0.15, 0.2) is 115 Å². The number of benzene rings is 4. The maximum absolute atomic E-state index is 11.9.